The number of hydrogen-bond acceptors (Lipinski definition) is 6. The molecule has 0 saturated carbocycles. The van der Waals surface area contributed by atoms with Crippen molar-refractivity contribution in [3.63, 3.8) is 0 Å². The average Bonchev–Trinajstić information content (AvgIpc) is 3.27. The van der Waals surface area contributed by atoms with Crippen molar-refractivity contribution in [1.29, 1.82) is 0 Å². The molecule has 0 aliphatic carbocycles. The highest BCUT2D eigenvalue weighted by Crippen LogP contribution is 2.50. The summed E-state index contributed by atoms with van der Waals surface area (Å²) in [5, 5.41) is 0.570. The molecule has 6 nitrogen and oxygen atoms in total. The number of halogens is 1. The predicted octanol–water partition coefficient (Wildman–Crippen LogP) is 15.1. The number of ether oxygens (including phenoxy) is 4. The van der Waals surface area contributed by atoms with Gasteiger partial charge in [0.1, 0.15) is 26.4 Å². The van der Waals surface area contributed by atoms with Gasteiger partial charge in [-0.25, -0.2) is 0 Å². The molecule has 2 heterocycles. The summed E-state index contributed by atoms with van der Waals surface area (Å²) in [6.45, 7) is 17.6. The van der Waals surface area contributed by atoms with Gasteiger partial charge in [-0.15, -0.1) is 0 Å². The lowest BCUT2D eigenvalue weighted by Gasteiger charge is -2.33. The van der Waals surface area contributed by atoms with Crippen molar-refractivity contribution in [2.45, 2.75) is 59.3 Å². The minimum atomic E-state index is 0.0581. The minimum Gasteiger partial charge on any atom is -0.486 e. The third-order valence-electron chi connectivity index (χ3n) is 11.6. The van der Waals surface area contributed by atoms with Crippen molar-refractivity contribution in [2.75, 3.05) is 36.2 Å². The largest absolute Gasteiger partial charge is 0.486 e. The summed E-state index contributed by atoms with van der Waals surface area (Å²) < 4.78 is 24.1. The second kappa shape index (κ2) is 16.5. The first-order valence-electron chi connectivity index (χ1n) is 21.4. The van der Waals surface area contributed by atoms with Crippen LogP contribution in [-0.4, -0.2) is 26.4 Å². The summed E-state index contributed by atoms with van der Waals surface area (Å²) in [5.41, 5.74) is 13.6. The molecule has 314 valence electrons. The number of anilines is 6. The molecule has 7 aromatic rings. The van der Waals surface area contributed by atoms with E-state index in [2.05, 4.69) is 167 Å². The highest BCUT2D eigenvalue weighted by molar-refractivity contribution is 6.36. The molecule has 9 rings (SSSR count). The molecule has 0 bridgehead atoms. The molecule has 0 aromatic heterocycles. The van der Waals surface area contributed by atoms with Crippen LogP contribution in [0.15, 0.2) is 146 Å². The molecular formula is C55H53ClN2O4. The highest BCUT2D eigenvalue weighted by atomic mass is 35.5. The zero-order chi connectivity index (χ0) is 43.2. The van der Waals surface area contributed by atoms with Crippen molar-refractivity contribution >= 4 is 45.7 Å². The Balaban J connectivity index is 1.23. The summed E-state index contributed by atoms with van der Waals surface area (Å²) in [7, 11) is 0. The Morgan fingerprint density at radius 1 is 0.403 bits per heavy atom. The van der Waals surface area contributed by atoms with Gasteiger partial charge in [0.15, 0.2) is 23.0 Å². The summed E-state index contributed by atoms with van der Waals surface area (Å²) in [6.07, 6.45) is 0. The Morgan fingerprint density at radius 3 is 1.16 bits per heavy atom. The maximum absolute atomic E-state index is 7.90. The van der Waals surface area contributed by atoms with Crippen LogP contribution in [0.4, 0.5) is 34.1 Å². The lowest BCUT2D eigenvalue weighted by Crippen LogP contribution is -2.18. The second-order valence-corrected chi connectivity index (χ2v) is 18.6. The third kappa shape index (κ3) is 8.32. The van der Waals surface area contributed by atoms with E-state index in [-0.39, 0.29) is 10.8 Å². The van der Waals surface area contributed by atoms with Crippen LogP contribution in [0, 0.1) is 6.92 Å². The molecule has 0 unspecified atom stereocenters. The SMILES string of the molecule is Cc1cc(N(c2cccc(-c3ccc(C(C)(C)C)cc3)c2)c2cccc(-c3ccc(C(C)(C)C)cc3)c2)c(Cl)c(N(c2ccc3c(c2)OCCO3)c2ccc3c(c2)OCCO3)c1. The van der Waals surface area contributed by atoms with E-state index in [0.29, 0.717) is 54.4 Å². The van der Waals surface area contributed by atoms with Crippen LogP contribution in [0.2, 0.25) is 5.02 Å². The molecule has 0 N–H and O–H groups in total. The van der Waals surface area contributed by atoms with Gasteiger partial charge in [-0.05, 0) is 117 Å². The van der Waals surface area contributed by atoms with Gasteiger partial charge in [0.25, 0.3) is 0 Å². The van der Waals surface area contributed by atoms with E-state index in [1.54, 1.807) is 0 Å². The van der Waals surface area contributed by atoms with E-state index in [0.717, 1.165) is 61.9 Å². The standard InChI is InChI=1S/C55H53ClN2O4/c1-36-30-47(53(56)48(31-36)58(45-22-24-49-51(34-45)61-28-26-59-49)46-23-25-50-52(35-46)62-29-27-60-50)57(43-12-8-10-39(32-43)37-14-18-41(19-15-37)54(2,3)4)44-13-9-11-40(33-44)38-16-20-42(21-17-38)55(5,6)7/h8-25,30-35H,26-29H2,1-7H3. The van der Waals surface area contributed by atoms with Crippen molar-refractivity contribution in [2.24, 2.45) is 0 Å². The molecule has 7 heteroatoms. The Morgan fingerprint density at radius 2 is 0.774 bits per heavy atom. The van der Waals surface area contributed by atoms with Gasteiger partial charge in [0.05, 0.1) is 27.8 Å². The van der Waals surface area contributed by atoms with E-state index in [4.69, 9.17) is 30.5 Å². The Labute approximate surface area is 371 Å². The van der Waals surface area contributed by atoms with E-state index in [9.17, 15) is 0 Å². The molecular weight excluding hydrogens is 788 g/mol. The van der Waals surface area contributed by atoms with Crippen LogP contribution >= 0.6 is 11.6 Å². The Hall–Kier alpha value is -6.37. The van der Waals surface area contributed by atoms with Crippen LogP contribution < -0.4 is 28.7 Å². The maximum atomic E-state index is 7.90. The zero-order valence-electron chi connectivity index (χ0n) is 36.6. The molecule has 2 aliphatic heterocycles. The smallest absolute Gasteiger partial charge is 0.163 e. The van der Waals surface area contributed by atoms with Crippen molar-refractivity contribution in [1.82, 2.24) is 0 Å². The van der Waals surface area contributed by atoms with Gasteiger partial charge >= 0.3 is 0 Å². The Bertz CT molecular complexity index is 2590. The number of hydrogen-bond donors (Lipinski definition) is 0. The van der Waals surface area contributed by atoms with Gasteiger partial charge in [-0.1, -0.05) is 126 Å². The van der Waals surface area contributed by atoms with E-state index < -0.39 is 0 Å². The van der Waals surface area contributed by atoms with Gasteiger partial charge in [-0.3, -0.25) is 0 Å². The Kier molecular flexibility index (Phi) is 10.9. The van der Waals surface area contributed by atoms with E-state index in [1.165, 1.54) is 11.1 Å². The second-order valence-electron chi connectivity index (χ2n) is 18.2. The van der Waals surface area contributed by atoms with Gasteiger partial charge < -0.3 is 28.7 Å². The molecule has 62 heavy (non-hydrogen) atoms. The van der Waals surface area contributed by atoms with Crippen LogP contribution in [0.25, 0.3) is 22.3 Å². The van der Waals surface area contributed by atoms with E-state index in [1.807, 2.05) is 36.4 Å². The molecule has 0 fully saturated rings. The normalized spacial score (nSPS) is 13.4. The van der Waals surface area contributed by atoms with Crippen molar-refractivity contribution < 1.29 is 18.9 Å². The van der Waals surface area contributed by atoms with Crippen LogP contribution in [0.5, 0.6) is 23.0 Å². The van der Waals surface area contributed by atoms with Gasteiger partial charge in [-0.2, -0.15) is 0 Å². The van der Waals surface area contributed by atoms with Crippen LogP contribution in [0.3, 0.4) is 0 Å². The summed E-state index contributed by atoms with van der Waals surface area (Å²) in [4.78, 5) is 4.44. The first-order chi connectivity index (χ1) is 29.8. The summed E-state index contributed by atoms with van der Waals surface area (Å²) >= 11 is 7.90. The van der Waals surface area contributed by atoms with Crippen LogP contribution in [0.1, 0.15) is 58.2 Å². The summed E-state index contributed by atoms with van der Waals surface area (Å²) in [5.74, 6) is 2.79. The van der Waals surface area contributed by atoms with Gasteiger partial charge in [0, 0.05) is 23.5 Å². The lowest BCUT2D eigenvalue weighted by atomic mass is 9.86. The van der Waals surface area contributed by atoms with Crippen LogP contribution in [-0.2, 0) is 10.8 Å². The maximum Gasteiger partial charge on any atom is 0.163 e. The molecule has 0 spiro atoms. The third-order valence-corrected chi connectivity index (χ3v) is 12.0. The number of rotatable bonds is 8. The molecule has 0 radical (unpaired) electrons. The van der Waals surface area contributed by atoms with Crippen molar-refractivity contribution in [3.05, 3.63) is 167 Å². The fraction of sp³-hybridized carbons (Fsp3) is 0.236. The molecule has 0 amide bonds. The zero-order valence-corrected chi connectivity index (χ0v) is 37.3. The van der Waals surface area contributed by atoms with E-state index >= 15 is 0 Å². The predicted molar refractivity (Wildman–Crippen MR) is 256 cm³/mol. The molecule has 7 aromatic carbocycles. The average molecular weight is 841 g/mol. The number of fused-ring (bicyclic) bond motifs is 2. The number of aryl methyl sites for hydroxylation is 1. The monoisotopic (exact) mass is 840 g/mol. The number of nitrogens with zero attached hydrogens (tertiary/aromatic N) is 2. The first kappa shape index (κ1) is 41.0. The minimum absolute atomic E-state index is 0.0581. The quantitative estimate of drug-likeness (QED) is 0.152. The molecule has 0 atom stereocenters. The number of benzene rings is 7. The lowest BCUT2D eigenvalue weighted by molar-refractivity contribution is 0.171. The highest BCUT2D eigenvalue weighted by Gasteiger charge is 2.27. The van der Waals surface area contributed by atoms with Crippen molar-refractivity contribution in [3.8, 4) is 45.3 Å². The fourth-order valence-corrected chi connectivity index (χ4v) is 8.51. The fourth-order valence-electron chi connectivity index (χ4n) is 8.23. The summed E-state index contributed by atoms with van der Waals surface area (Å²) in [6, 6.07) is 51.7. The van der Waals surface area contributed by atoms with Gasteiger partial charge in [0.2, 0.25) is 0 Å². The topological polar surface area (TPSA) is 43.4 Å². The molecule has 2 aliphatic rings. The molecule has 0 saturated heterocycles. The first-order valence-corrected chi connectivity index (χ1v) is 21.8.